The molecular formula is C46H84O8Sn. The van der Waals surface area contributed by atoms with Gasteiger partial charge in [-0.25, -0.2) is 0 Å². The Balaban J connectivity index is 4.51. The van der Waals surface area contributed by atoms with Gasteiger partial charge in [-0.3, -0.25) is 0 Å². The first-order valence-electron chi connectivity index (χ1n) is 22.7. The number of hydrogen-bond donors (Lipinski definition) is 0. The van der Waals surface area contributed by atoms with E-state index in [9.17, 15) is 19.2 Å². The van der Waals surface area contributed by atoms with Crippen LogP contribution in [0, 0.1) is 11.8 Å². The van der Waals surface area contributed by atoms with Crippen molar-refractivity contribution in [2.24, 2.45) is 11.8 Å². The fourth-order valence-electron chi connectivity index (χ4n) is 6.53. The fourth-order valence-corrected chi connectivity index (χ4v) is 16.1. The molecule has 0 saturated carbocycles. The molecule has 0 aliphatic carbocycles. The van der Waals surface area contributed by atoms with Gasteiger partial charge >= 0.3 is 228 Å². The summed E-state index contributed by atoms with van der Waals surface area (Å²) in [7, 11) is 0. The minimum Gasteiger partial charge on any atom is -0.0628 e. The Morgan fingerprint density at radius 3 is 0.964 bits per heavy atom. The molecule has 0 amide bonds. The third-order valence-corrected chi connectivity index (χ3v) is 19.6. The molecule has 0 aromatic carbocycles. The molecule has 0 unspecified atom stereocenters. The van der Waals surface area contributed by atoms with E-state index in [1.54, 1.807) is 0 Å². The van der Waals surface area contributed by atoms with Gasteiger partial charge in [-0.1, -0.05) is 105 Å². The molecule has 0 atom stereocenters. The van der Waals surface area contributed by atoms with Crippen LogP contribution in [-0.4, -0.2) is 56.3 Å². The summed E-state index contributed by atoms with van der Waals surface area (Å²) in [5.74, 6) is -0.966. The summed E-state index contributed by atoms with van der Waals surface area (Å²) in [5, 5.41) is 0. The standard InChI is InChI=1S/2C19H34O4.2C4H9.Sn/c2*1-17(2)13-11-9-7-5-3-4-6-8-10-12-16-23-19(22)15-14-18(20)21;2*1-3-4-2;/h2*14-15,17H,3-13,16H2,1-2H3,(H,20,21);2*1,3-4H2,2H3;/q;;;;+2/p-2. The summed E-state index contributed by atoms with van der Waals surface area (Å²) >= 11 is -4.28. The molecular weight excluding hydrogens is 799 g/mol. The van der Waals surface area contributed by atoms with Crippen molar-refractivity contribution in [2.75, 3.05) is 13.2 Å². The molecule has 0 radical (unpaired) electrons. The first-order chi connectivity index (χ1) is 26.5. The zero-order valence-electron chi connectivity index (χ0n) is 36.4. The molecule has 0 N–H and O–H groups in total. The van der Waals surface area contributed by atoms with E-state index in [0.717, 1.165) is 100 Å². The van der Waals surface area contributed by atoms with Crippen LogP contribution in [0.25, 0.3) is 0 Å². The number of carbonyl (C=O) groups is 4. The van der Waals surface area contributed by atoms with Crippen molar-refractivity contribution in [1.29, 1.82) is 0 Å². The maximum atomic E-state index is 12.9. The van der Waals surface area contributed by atoms with Crippen molar-refractivity contribution >= 4 is 43.1 Å². The van der Waals surface area contributed by atoms with Crippen molar-refractivity contribution < 1.29 is 34.8 Å². The van der Waals surface area contributed by atoms with Gasteiger partial charge in [0.05, 0.1) is 0 Å². The molecule has 0 bridgehead atoms. The van der Waals surface area contributed by atoms with Gasteiger partial charge in [-0.2, -0.15) is 0 Å². The molecule has 55 heavy (non-hydrogen) atoms. The summed E-state index contributed by atoms with van der Waals surface area (Å²) in [5.41, 5.74) is 0. The topological polar surface area (TPSA) is 105 Å². The Morgan fingerprint density at radius 2 is 0.673 bits per heavy atom. The van der Waals surface area contributed by atoms with Gasteiger partial charge in [0.2, 0.25) is 0 Å². The van der Waals surface area contributed by atoms with Crippen molar-refractivity contribution in [3.8, 4) is 0 Å². The van der Waals surface area contributed by atoms with E-state index in [0.29, 0.717) is 22.1 Å². The Bertz CT molecular complexity index is 941. The third-order valence-electron chi connectivity index (χ3n) is 9.95. The number of hydrogen-bond acceptors (Lipinski definition) is 8. The van der Waals surface area contributed by atoms with Gasteiger partial charge in [-0.15, -0.1) is 0 Å². The van der Waals surface area contributed by atoms with Crippen molar-refractivity contribution in [1.82, 2.24) is 0 Å². The summed E-state index contributed by atoms with van der Waals surface area (Å²) in [6, 6.07) is 0. The number of rotatable bonds is 38. The van der Waals surface area contributed by atoms with E-state index in [1.165, 1.54) is 103 Å². The smallest absolute Gasteiger partial charge is 0.0628 e. The van der Waals surface area contributed by atoms with E-state index in [1.807, 2.05) is 13.8 Å². The van der Waals surface area contributed by atoms with E-state index >= 15 is 0 Å². The molecule has 9 heteroatoms. The Kier molecular flexibility index (Phi) is 36.5. The van der Waals surface area contributed by atoms with Crippen LogP contribution in [0.2, 0.25) is 8.87 Å². The Labute approximate surface area is 343 Å². The maximum absolute atomic E-state index is 12.9. The van der Waals surface area contributed by atoms with E-state index in [-0.39, 0.29) is 0 Å². The van der Waals surface area contributed by atoms with Gasteiger partial charge in [0.25, 0.3) is 0 Å². The minimum absolute atomic E-state index is 0.315. The number of ether oxygens (including phenoxy) is 2. The molecule has 0 spiro atoms. The minimum atomic E-state index is -4.28. The van der Waals surface area contributed by atoms with Gasteiger partial charge in [0.1, 0.15) is 0 Å². The van der Waals surface area contributed by atoms with Crippen LogP contribution in [0.3, 0.4) is 0 Å². The van der Waals surface area contributed by atoms with Crippen molar-refractivity contribution in [3.05, 3.63) is 24.3 Å². The zero-order chi connectivity index (χ0) is 40.8. The van der Waals surface area contributed by atoms with Crippen LogP contribution in [-0.2, 0) is 34.8 Å². The van der Waals surface area contributed by atoms with Gasteiger partial charge < -0.3 is 0 Å². The normalized spacial score (nSPS) is 11.9. The van der Waals surface area contributed by atoms with Crippen LogP contribution in [0.15, 0.2) is 24.3 Å². The SMILES string of the molecule is CCC[CH2][Sn]([CH2]CCC)([O]C(=O)C=CC(=O)OCCCCCCCCCCCCC(C)C)[O]C(=O)C=CC(=O)OCCCCCCCCCCCCC(C)C. The average Bonchev–Trinajstić information content (AvgIpc) is 3.14. The predicted octanol–water partition coefficient (Wildman–Crippen LogP) is 13.2. The molecule has 0 aromatic rings. The second kappa shape index (κ2) is 37.7. The van der Waals surface area contributed by atoms with Gasteiger partial charge in [0.15, 0.2) is 0 Å². The molecule has 0 fully saturated rings. The van der Waals surface area contributed by atoms with Crippen molar-refractivity contribution in [2.45, 2.75) is 217 Å². The molecule has 0 aliphatic heterocycles. The van der Waals surface area contributed by atoms with Crippen LogP contribution in [0.5, 0.6) is 0 Å². The van der Waals surface area contributed by atoms with Crippen LogP contribution < -0.4 is 0 Å². The van der Waals surface area contributed by atoms with E-state index in [2.05, 4.69) is 27.7 Å². The fraction of sp³-hybridized carbons (Fsp3) is 0.826. The zero-order valence-corrected chi connectivity index (χ0v) is 39.3. The van der Waals surface area contributed by atoms with Crippen LogP contribution in [0.1, 0.15) is 208 Å². The quantitative estimate of drug-likeness (QED) is 0.0261. The Morgan fingerprint density at radius 1 is 0.400 bits per heavy atom. The average molecular weight is 884 g/mol. The van der Waals surface area contributed by atoms with E-state index < -0.39 is 43.1 Å². The number of esters is 2. The first-order valence-corrected chi connectivity index (χ1v) is 29.1. The third kappa shape index (κ3) is 36.3. The number of unbranched alkanes of at least 4 members (excludes halogenated alkanes) is 20. The number of carbonyl (C=O) groups excluding carboxylic acids is 4. The summed E-state index contributed by atoms with van der Waals surface area (Å²) in [6.45, 7) is 13.8. The summed E-state index contributed by atoms with van der Waals surface area (Å²) < 4.78 is 23.5. The first kappa shape index (κ1) is 53.2. The predicted molar refractivity (Wildman–Crippen MR) is 229 cm³/mol. The molecule has 0 heterocycles. The van der Waals surface area contributed by atoms with Crippen LogP contribution >= 0.6 is 0 Å². The second-order valence-electron chi connectivity index (χ2n) is 16.4. The van der Waals surface area contributed by atoms with Gasteiger partial charge in [0, 0.05) is 0 Å². The van der Waals surface area contributed by atoms with E-state index in [4.69, 9.17) is 15.6 Å². The second-order valence-corrected chi connectivity index (χ2v) is 25.6. The van der Waals surface area contributed by atoms with Crippen molar-refractivity contribution in [3.63, 3.8) is 0 Å². The van der Waals surface area contributed by atoms with Gasteiger partial charge in [-0.05, 0) is 11.8 Å². The monoisotopic (exact) mass is 885 g/mol. The molecule has 0 aliphatic rings. The molecule has 8 nitrogen and oxygen atoms in total. The van der Waals surface area contributed by atoms with Crippen LogP contribution in [0.4, 0.5) is 0 Å². The molecule has 0 rings (SSSR count). The molecule has 0 aromatic heterocycles. The summed E-state index contributed by atoms with van der Waals surface area (Å²) in [6.07, 6.45) is 34.3. The molecule has 320 valence electrons. The Hall–Kier alpha value is -1.84. The summed E-state index contributed by atoms with van der Waals surface area (Å²) in [4.78, 5) is 50.4. The molecule has 0 saturated heterocycles.